The number of nitrogens with one attached hydrogen (secondary N) is 1. The summed E-state index contributed by atoms with van der Waals surface area (Å²) < 4.78 is 71.5. The Morgan fingerprint density at radius 3 is 2.50 bits per heavy atom. The average molecular weight is 417 g/mol. The molecule has 0 radical (unpaired) electrons. The minimum atomic E-state index is -4.54. The first-order valence-electron chi connectivity index (χ1n) is 8.32. The molecule has 0 atom stereocenters. The third-order valence-electron chi connectivity index (χ3n) is 4.27. The number of hydrogen-bond acceptors (Lipinski definition) is 4. The fraction of sp³-hybridized carbons (Fsp3) is 0.353. The van der Waals surface area contributed by atoms with Crippen LogP contribution in [0.25, 0.3) is 0 Å². The van der Waals surface area contributed by atoms with Gasteiger partial charge in [-0.3, -0.25) is 4.79 Å². The molecule has 1 amide bonds. The zero-order valence-corrected chi connectivity index (χ0v) is 15.7. The van der Waals surface area contributed by atoms with E-state index in [2.05, 4.69) is 5.32 Å². The number of carbonyl (C=O) groups is 1. The summed E-state index contributed by atoms with van der Waals surface area (Å²) in [6, 6.07) is 5.41. The summed E-state index contributed by atoms with van der Waals surface area (Å²) in [5.41, 5.74) is -0.935. The van der Waals surface area contributed by atoms with Gasteiger partial charge in [-0.25, -0.2) is 8.42 Å². The number of amides is 1. The topological polar surface area (TPSA) is 80.6 Å². The van der Waals surface area contributed by atoms with E-state index in [9.17, 15) is 26.4 Å². The zero-order valence-electron chi connectivity index (χ0n) is 14.9. The van der Waals surface area contributed by atoms with Crippen molar-refractivity contribution >= 4 is 21.6 Å². The van der Waals surface area contributed by atoms with Crippen molar-refractivity contribution in [3.05, 3.63) is 47.8 Å². The minimum absolute atomic E-state index is 0.00393. The van der Waals surface area contributed by atoms with Crippen molar-refractivity contribution in [3.63, 3.8) is 0 Å². The van der Waals surface area contributed by atoms with Crippen LogP contribution in [0.4, 0.5) is 18.9 Å². The highest BCUT2D eigenvalue weighted by Crippen LogP contribution is 2.30. The molecule has 1 aromatic carbocycles. The van der Waals surface area contributed by atoms with Gasteiger partial charge in [-0.15, -0.1) is 0 Å². The third-order valence-corrected chi connectivity index (χ3v) is 6.13. The Bertz CT molecular complexity index is 980. The van der Waals surface area contributed by atoms with Gasteiger partial charge in [0.05, 0.1) is 18.8 Å². The molecule has 2 aromatic rings. The zero-order chi connectivity index (χ0) is 20.5. The molecule has 1 N–H and O–H groups in total. The van der Waals surface area contributed by atoms with Gasteiger partial charge >= 0.3 is 6.18 Å². The molecule has 1 aromatic heterocycles. The average Bonchev–Trinajstić information content (AvgIpc) is 3.05. The van der Waals surface area contributed by atoms with Gasteiger partial charge in [0.25, 0.3) is 5.91 Å². The number of morpholine rings is 1. The number of rotatable bonds is 4. The normalized spacial score (nSPS) is 16.1. The maximum Gasteiger partial charge on any atom is 0.416 e. The van der Waals surface area contributed by atoms with Crippen LogP contribution in [0, 0.1) is 0 Å². The molecular weight excluding hydrogens is 399 g/mol. The highest BCUT2D eigenvalue weighted by molar-refractivity contribution is 7.89. The van der Waals surface area contributed by atoms with Crippen LogP contribution >= 0.6 is 0 Å². The Labute approximate surface area is 159 Å². The van der Waals surface area contributed by atoms with Crippen LogP contribution in [-0.2, 0) is 28.0 Å². The van der Waals surface area contributed by atoms with E-state index in [1.165, 1.54) is 40.3 Å². The molecular formula is C17H18F3N3O4S. The van der Waals surface area contributed by atoms with Crippen LogP contribution < -0.4 is 5.32 Å². The predicted octanol–water partition coefficient (Wildman–Crippen LogP) is 2.32. The first kappa shape index (κ1) is 20.4. The summed E-state index contributed by atoms with van der Waals surface area (Å²) in [6.45, 7) is 0.996. The Kier molecular flexibility index (Phi) is 5.50. The van der Waals surface area contributed by atoms with E-state index < -0.39 is 27.7 Å². The molecule has 0 aliphatic carbocycles. The van der Waals surface area contributed by atoms with Crippen LogP contribution in [0.1, 0.15) is 16.1 Å². The lowest BCUT2D eigenvalue weighted by Crippen LogP contribution is -2.40. The monoisotopic (exact) mass is 417 g/mol. The van der Waals surface area contributed by atoms with Crippen molar-refractivity contribution in [2.75, 3.05) is 31.6 Å². The van der Waals surface area contributed by atoms with E-state index in [1.807, 2.05) is 0 Å². The third kappa shape index (κ3) is 4.21. The Hall–Kier alpha value is -2.37. The number of anilines is 1. The SMILES string of the molecule is Cn1cc(S(=O)(=O)N2CCOCC2)cc1C(=O)Nc1cccc(C(F)(F)F)c1. The fourth-order valence-corrected chi connectivity index (χ4v) is 4.29. The summed E-state index contributed by atoms with van der Waals surface area (Å²) >= 11 is 0. The summed E-state index contributed by atoms with van der Waals surface area (Å²) in [6.07, 6.45) is -3.24. The smallest absolute Gasteiger partial charge is 0.379 e. The van der Waals surface area contributed by atoms with E-state index in [1.54, 1.807) is 0 Å². The van der Waals surface area contributed by atoms with E-state index in [4.69, 9.17) is 4.74 Å². The molecule has 2 heterocycles. The molecule has 0 spiro atoms. The van der Waals surface area contributed by atoms with E-state index >= 15 is 0 Å². The van der Waals surface area contributed by atoms with E-state index in [0.29, 0.717) is 0 Å². The van der Waals surface area contributed by atoms with Gasteiger partial charge in [0, 0.05) is 32.0 Å². The Morgan fingerprint density at radius 1 is 1.18 bits per heavy atom. The van der Waals surface area contributed by atoms with Crippen molar-refractivity contribution in [2.45, 2.75) is 11.1 Å². The Morgan fingerprint density at radius 2 is 1.86 bits per heavy atom. The van der Waals surface area contributed by atoms with Crippen LogP contribution in [-0.4, -0.2) is 49.5 Å². The maximum atomic E-state index is 12.8. The van der Waals surface area contributed by atoms with Crippen LogP contribution in [0.2, 0.25) is 0 Å². The second-order valence-corrected chi connectivity index (χ2v) is 8.16. The molecule has 1 saturated heterocycles. The van der Waals surface area contributed by atoms with Crippen molar-refractivity contribution in [1.82, 2.24) is 8.87 Å². The highest BCUT2D eigenvalue weighted by Gasteiger charge is 2.31. The standard InChI is InChI=1S/C17H18F3N3O4S/c1-22-11-14(28(25,26)23-5-7-27-8-6-23)10-15(22)16(24)21-13-4-2-3-12(9-13)17(18,19)20/h2-4,9-11H,5-8H2,1H3,(H,21,24). The number of ether oxygens (including phenoxy) is 1. The van der Waals surface area contributed by atoms with Crippen LogP contribution in [0.5, 0.6) is 0 Å². The van der Waals surface area contributed by atoms with Gasteiger partial charge in [0.15, 0.2) is 0 Å². The molecule has 3 rings (SSSR count). The van der Waals surface area contributed by atoms with Gasteiger partial charge in [0.1, 0.15) is 10.6 Å². The number of aromatic nitrogens is 1. The molecule has 28 heavy (non-hydrogen) atoms. The van der Waals surface area contributed by atoms with Gasteiger partial charge in [-0.05, 0) is 24.3 Å². The largest absolute Gasteiger partial charge is 0.416 e. The Balaban J connectivity index is 1.82. The van der Waals surface area contributed by atoms with Crippen molar-refractivity contribution in [3.8, 4) is 0 Å². The van der Waals surface area contributed by atoms with Crippen molar-refractivity contribution < 1.29 is 31.1 Å². The number of aryl methyl sites for hydroxylation is 1. The highest BCUT2D eigenvalue weighted by atomic mass is 32.2. The molecule has 1 aliphatic heterocycles. The molecule has 1 fully saturated rings. The summed E-state index contributed by atoms with van der Waals surface area (Å²) in [5.74, 6) is -0.717. The second-order valence-electron chi connectivity index (χ2n) is 6.22. The number of sulfonamides is 1. The van der Waals surface area contributed by atoms with Gasteiger partial charge in [-0.2, -0.15) is 17.5 Å². The van der Waals surface area contributed by atoms with Gasteiger partial charge < -0.3 is 14.6 Å². The fourth-order valence-electron chi connectivity index (χ4n) is 2.81. The van der Waals surface area contributed by atoms with Crippen LogP contribution in [0.3, 0.4) is 0 Å². The number of carbonyl (C=O) groups excluding carboxylic acids is 1. The predicted molar refractivity (Wildman–Crippen MR) is 94.4 cm³/mol. The molecule has 152 valence electrons. The lowest BCUT2D eigenvalue weighted by molar-refractivity contribution is -0.137. The van der Waals surface area contributed by atoms with Crippen molar-refractivity contribution in [2.24, 2.45) is 7.05 Å². The number of alkyl halides is 3. The van der Waals surface area contributed by atoms with Crippen molar-refractivity contribution in [1.29, 1.82) is 0 Å². The minimum Gasteiger partial charge on any atom is -0.379 e. The number of hydrogen-bond donors (Lipinski definition) is 1. The van der Waals surface area contributed by atoms with Gasteiger partial charge in [0.2, 0.25) is 10.0 Å². The van der Waals surface area contributed by atoms with E-state index in [0.717, 1.165) is 12.1 Å². The number of benzene rings is 1. The number of halogens is 3. The second kappa shape index (κ2) is 7.57. The van der Waals surface area contributed by atoms with Gasteiger partial charge in [-0.1, -0.05) is 6.07 Å². The van der Waals surface area contributed by atoms with Crippen LogP contribution in [0.15, 0.2) is 41.4 Å². The summed E-state index contributed by atoms with van der Waals surface area (Å²) in [5, 5.41) is 2.37. The first-order valence-corrected chi connectivity index (χ1v) is 9.76. The molecule has 0 saturated carbocycles. The number of nitrogens with zero attached hydrogens (tertiary/aromatic N) is 2. The molecule has 0 bridgehead atoms. The lowest BCUT2D eigenvalue weighted by atomic mass is 10.2. The molecule has 11 heteroatoms. The lowest BCUT2D eigenvalue weighted by Gasteiger charge is -2.25. The van der Waals surface area contributed by atoms with E-state index in [-0.39, 0.29) is 42.6 Å². The first-order chi connectivity index (χ1) is 13.1. The molecule has 0 unspecified atom stereocenters. The maximum absolute atomic E-state index is 12.8. The summed E-state index contributed by atoms with van der Waals surface area (Å²) in [7, 11) is -2.31. The quantitative estimate of drug-likeness (QED) is 0.828. The molecule has 1 aliphatic rings. The molecule has 7 nitrogen and oxygen atoms in total. The summed E-state index contributed by atoms with van der Waals surface area (Å²) in [4.78, 5) is 12.4.